The first kappa shape index (κ1) is 25.8. The molecule has 0 atom stereocenters. The third kappa shape index (κ3) is 5.43. The number of likely N-dealkylation sites (tertiary alicyclic amines) is 1. The fraction of sp³-hybridized carbons (Fsp3) is 0.423. The molecule has 2 aromatic carbocycles. The number of nitrogens with one attached hydrogen (secondary N) is 1. The van der Waals surface area contributed by atoms with Crippen molar-refractivity contribution in [2.45, 2.75) is 50.0 Å². The van der Waals surface area contributed by atoms with Crippen molar-refractivity contribution in [3.8, 4) is 5.75 Å². The van der Waals surface area contributed by atoms with Gasteiger partial charge in [-0.2, -0.15) is 0 Å². The van der Waals surface area contributed by atoms with Crippen LogP contribution in [0.15, 0.2) is 47.5 Å². The van der Waals surface area contributed by atoms with Crippen molar-refractivity contribution in [2.75, 3.05) is 24.9 Å². The number of amides is 1. The van der Waals surface area contributed by atoms with Gasteiger partial charge < -0.3 is 18.9 Å². The molecule has 1 aliphatic heterocycles. The highest BCUT2D eigenvalue weighted by Gasteiger charge is 2.29. The number of ether oxygens (including phenoxy) is 2. The second-order valence-electron chi connectivity index (χ2n) is 10.1. The molecule has 1 amide bonds. The van der Waals surface area contributed by atoms with Gasteiger partial charge in [-0.1, -0.05) is 0 Å². The highest BCUT2D eigenvalue weighted by Crippen LogP contribution is 2.36. The Hall–Kier alpha value is -3.27. The molecule has 1 fully saturated rings. The highest BCUT2D eigenvalue weighted by molar-refractivity contribution is 7.92. The minimum atomic E-state index is -3.96. The molecule has 0 radical (unpaired) electrons. The first-order valence-corrected chi connectivity index (χ1v) is 13.3. The lowest BCUT2D eigenvalue weighted by Gasteiger charge is -2.33. The summed E-state index contributed by atoms with van der Waals surface area (Å²) in [6, 6.07) is 8.82. The SMILES string of the molecule is COc1cc(S(=O)(=O)Nc2ccc3c(c2)c(C2CCN(C(=O)OC(C)(C)C)CC2)cn3C)ccc1F. The lowest BCUT2D eigenvalue weighted by Crippen LogP contribution is -2.41. The summed E-state index contributed by atoms with van der Waals surface area (Å²) in [5.74, 6) is -0.554. The Bertz CT molecular complexity index is 1390. The molecule has 8 nitrogen and oxygen atoms in total. The monoisotopic (exact) mass is 517 g/mol. The lowest BCUT2D eigenvalue weighted by molar-refractivity contribution is 0.0205. The van der Waals surface area contributed by atoms with Crippen molar-refractivity contribution < 1.29 is 27.1 Å². The first-order chi connectivity index (χ1) is 16.9. The van der Waals surface area contributed by atoms with E-state index >= 15 is 0 Å². The Morgan fingerprint density at radius 1 is 1.11 bits per heavy atom. The van der Waals surface area contributed by atoms with Crippen LogP contribution >= 0.6 is 0 Å². The zero-order chi connectivity index (χ0) is 26.3. The standard InChI is InChI=1S/C26H32FN3O5S/c1-26(2,3)35-25(31)30-12-10-17(11-13-30)21-16-29(4)23-9-6-18(14-20(21)23)28-36(32,33)19-7-8-22(27)24(15-19)34-5/h6-9,14-17,28H,10-13H2,1-5H3. The molecule has 36 heavy (non-hydrogen) atoms. The molecule has 2 heterocycles. The summed E-state index contributed by atoms with van der Waals surface area (Å²) in [5, 5.41) is 0.949. The van der Waals surface area contributed by atoms with Gasteiger partial charge in [0.1, 0.15) is 5.60 Å². The van der Waals surface area contributed by atoms with Crippen molar-refractivity contribution >= 4 is 32.7 Å². The third-order valence-electron chi connectivity index (χ3n) is 6.29. The summed E-state index contributed by atoms with van der Waals surface area (Å²) < 4.78 is 54.7. The van der Waals surface area contributed by atoms with Crippen LogP contribution < -0.4 is 9.46 Å². The number of carbonyl (C=O) groups is 1. The van der Waals surface area contributed by atoms with Crippen LogP contribution in [0.1, 0.15) is 45.1 Å². The van der Waals surface area contributed by atoms with Gasteiger partial charge in [0.05, 0.1) is 12.0 Å². The molecule has 1 aromatic heterocycles. The van der Waals surface area contributed by atoms with Gasteiger partial charge in [0.15, 0.2) is 11.6 Å². The predicted molar refractivity (Wildman–Crippen MR) is 136 cm³/mol. The number of halogens is 1. The number of rotatable bonds is 5. The molecular weight excluding hydrogens is 485 g/mol. The van der Waals surface area contributed by atoms with Gasteiger partial charge in [0, 0.05) is 49.0 Å². The van der Waals surface area contributed by atoms with Crippen molar-refractivity contribution in [1.82, 2.24) is 9.47 Å². The Morgan fingerprint density at radius 3 is 2.44 bits per heavy atom. The maximum absolute atomic E-state index is 13.8. The first-order valence-electron chi connectivity index (χ1n) is 11.8. The molecular formula is C26H32FN3O5S. The number of aryl methyl sites for hydroxylation is 1. The van der Waals surface area contributed by atoms with Crippen LogP contribution in [0.3, 0.4) is 0 Å². The average molecular weight is 518 g/mol. The van der Waals surface area contributed by atoms with Crippen molar-refractivity contribution in [1.29, 1.82) is 0 Å². The maximum atomic E-state index is 13.8. The molecule has 1 aliphatic rings. The molecule has 0 aliphatic carbocycles. The van der Waals surface area contributed by atoms with Crippen LogP contribution in [0, 0.1) is 5.82 Å². The summed E-state index contributed by atoms with van der Waals surface area (Å²) in [7, 11) is -0.718. The maximum Gasteiger partial charge on any atom is 0.410 e. The normalized spacial score (nSPS) is 15.2. The topological polar surface area (TPSA) is 89.9 Å². The second kappa shape index (κ2) is 9.65. The van der Waals surface area contributed by atoms with Crippen molar-refractivity contribution in [2.24, 2.45) is 7.05 Å². The summed E-state index contributed by atoms with van der Waals surface area (Å²) in [4.78, 5) is 14.1. The number of benzene rings is 2. The zero-order valence-electron chi connectivity index (χ0n) is 21.2. The number of nitrogens with zero attached hydrogens (tertiary/aromatic N) is 2. The Morgan fingerprint density at radius 2 is 1.81 bits per heavy atom. The summed E-state index contributed by atoms with van der Waals surface area (Å²) in [5.41, 5.74) is 1.96. The van der Waals surface area contributed by atoms with Crippen LogP contribution in [-0.4, -0.2) is 49.8 Å². The van der Waals surface area contributed by atoms with E-state index in [-0.39, 0.29) is 22.7 Å². The number of fused-ring (bicyclic) bond motifs is 1. The number of hydrogen-bond acceptors (Lipinski definition) is 5. The largest absolute Gasteiger partial charge is 0.494 e. The third-order valence-corrected chi connectivity index (χ3v) is 7.67. The molecule has 0 unspecified atom stereocenters. The summed E-state index contributed by atoms with van der Waals surface area (Å²) in [6.45, 7) is 6.74. The van der Waals surface area contributed by atoms with E-state index in [1.807, 2.05) is 44.5 Å². The molecule has 10 heteroatoms. The van der Waals surface area contributed by atoms with E-state index in [1.54, 1.807) is 11.0 Å². The molecule has 0 spiro atoms. The van der Waals surface area contributed by atoms with Crippen LogP contribution in [0.4, 0.5) is 14.9 Å². The van der Waals surface area contributed by atoms with Crippen LogP contribution in [0.2, 0.25) is 0 Å². The van der Waals surface area contributed by atoms with Crippen LogP contribution in [0.25, 0.3) is 10.9 Å². The molecule has 0 saturated carbocycles. The number of anilines is 1. The van der Waals surface area contributed by atoms with E-state index in [0.29, 0.717) is 18.8 Å². The van der Waals surface area contributed by atoms with E-state index in [0.717, 1.165) is 41.4 Å². The van der Waals surface area contributed by atoms with E-state index in [2.05, 4.69) is 10.9 Å². The van der Waals surface area contributed by atoms with Gasteiger partial charge in [-0.05, 0) is 75.4 Å². The molecule has 1 saturated heterocycles. The predicted octanol–water partition coefficient (Wildman–Crippen LogP) is 5.24. The fourth-order valence-electron chi connectivity index (χ4n) is 4.53. The van der Waals surface area contributed by atoms with Crippen molar-refractivity contribution in [3.05, 3.63) is 54.0 Å². The number of aromatic nitrogens is 1. The van der Waals surface area contributed by atoms with E-state index in [4.69, 9.17) is 9.47 Å². The van der Waals surface area contributed by atoms with Crippen LogP contribution in [-0.2, 0) is 21.8 Å². The van der Waals surface area contributed by atoms with E-state index in [9.17, 15) is 17.6 Å². The lowest BCUT2D eigenvalue weighted by atomic mass is 9.89. The van der Waals surface area contributed by atoms with Gasteiger partial charge >= 0.3 is 6.09 Å². The quantitative estimate of drug-likeness (QED) is 0.500. The Kier molecular flexibility index (Phi) is 6.92. The van der Waals surface area contributed by atoms with E-state index < -0.39 is 21.4 Å². The zero-order valence-corrected chi connectivity index (χ0v) is 22.0. The minimum absolute atomic E-state index is 0.0938. The van der Waals surface area contributed by atoms with Gasteiger partial charge in [-0.25, -0.2) is 17.6 Å². The van der Waals surface area contributed by atoms with Gasteiger partial charge in [-0.15, -0.1) is 0 Å². The van der Waals surface area contributed by atoms with E-state index in [1.165, 1.54) is 13.2 Å². The average Bonchev–Trinajstić information content (AvgIpc) is 3.13. The molecule has 194 valence electrons. The number of sulfonamides is 1. The molecule has 0 bridgehead atoms. The van der Waals surface area contributed by atoms with Gasteiger partial charge in [0.25, 0.3) is 10.0 Å². The second-order valence-corrected chi connectivity index (χ2v) is 11.8. The number of hydrogen-bond donors (Lipinski definition) is 1. The number of methoxy groups -OCH3 is 1. The summed E-state index contributed by atoms with van der Waals surface area (Å²) >= 11 is 0. The highest BCUT2D eigenvalue weighted by atomic mass is 32.2. The fourth-order valence-corrected chi connectivity index (χ4v) is 5.60. The Labute approximate surface area is 211 Å². The van der Waals surface area contributed by atoms with Crippen molar-refractivity contribution in [3.63, 3.8) is 0 Å². The molecule has 3 aromatic rings. The van der Waals surface area contributed by atoms with Gasteiger partial charge in [0.2, 0.25) is 0 Å². The summed E-state index contributed by atoms with van der Waals surface area (Å²) in [6.07, 6.45) is 3.34. The smallest absolute Gasteiger partial charge is 0.410 e. The number of carbonyl (C=O) groups excluding carboxylic acids is 1. The minimum Gasteiger partial charge on any atom is -0.494 e. The molecule has 4 rings (SSSR count). The molecule has 1 N–H and O–H groups in total. The number of piperidine rings is 1. The van der Waals surface area contributed by atoms with Crippen LogP contribution in [0.5, 0.6) is 5.75 Å². The van der Waals surface area contributed by atoms with Gasteiger partial charge in [-0.3, -0.25) is 4.72 Å². The Balaban J connectivity index is 1.55.